The molecule has 1 unspecified atom stereocenters. The van der Waals surface area contributed by atoms with Crippen molar-refractivity contribution in [1.29, 1.82) is 0 Å². The molecule has 0 aromatic rings. The highest BCUT2D eigenvalue weighted by atomic mass is 32.2. The van der Waals surface area contributed by atoms with Crippen LogP contribution in [0, 0.1) is 11.8 Å². The van der Waals surface area contributed by atoms with Gasteiger partial charge in [0.2, 0.25) is 0 Å². The van der Waals surface area contributed by atoms with Crippen molar-refractivity contribution in [2.45, 2.75) is 13.0 Å². The average molecular weight is 238 g/mol. The zero-order valence-corrected chi connectivity index (χ0v) is 8.65. The fraction of sp³-hybridized carbons (Fsp3) is 0.571. The van der Waals surface area contributed by atoms with Gasteiger partial charge in [0.15, 0.2) is 0 Å². The molecule has 1 atom stereocenters. The number of carbonyl (C=O) groups excluding carboxylic acids is 1. The maximum atomic E-state index is 10.9. The first kappa shape index (κ1) is 13.9. The van der Waals surface area contributed by atoms with Crippen LogP contribution in [0.25, 0.3) is 0 Å². The molecule has 0 rings (SSSR count). The van der Waals surface area contributed by atoms with Crippen LogP contribution in [-0.4, -0.2) is 43.1 Å². The van der Waals surface area contributed by atoms with Gasteiger partial charge in [-0.05, 0) is 0 Å². The highest BCUT2D eigenvalue weighted by Gasteiger charge is 2.18. The van der Waals surface area contributed by atoms with Crippen LogP contribution < -0.4 is 0 Å². The first-order chi connectivity index (χ1) is 6.87. The van der Waals surface area contributed by atoms with E-state index in [1.54, 1.807) is 0 Å². The zero-order valence-electron chi connectivity index (χ0n) is 7.84. The quantitative estimate of drug-likeness (QED) is 0.336. The Labute approximate surface area is 86.7 Å². The van der Waals surface area contributed by atoms with Crippen LogP contribution >= 0.6 is 0 Å². The summed E-state index contributed by atoms with van der Waals surface area (Å²) in [5.41, 5.74) is 0. The first-order valence-corrected chi connectivity index (χ1v) is 5.32. The summed E-state index contributed by atoms with van der Waals surface area (Å²) in [5.74, 6) is 2.31. The molecule has 8 heteroatoms. The molecule has 0 aliphatic heterocycles. The summed E-state index contributed by atoms with van der Waals surface area (Å²) in [5, 5.41) is 17.3. The monoisotopic (exact) mass is 238 g/mol. The van der Waals surface area contributed by atoms with Gasteiger partial charge < -0.3 is 10.2 Å². The van der Waals surface area contributed by atoms with Crippen molar-refractivity contribution < 1.29 is 32.6 Å². The van der Waals surface area contributed by atoms with Gasteiger partial charge in [-0.25, -0.2) is 4.79 Å². The molecule has 0 saturated carbocycles. The van der Waals surface area contributed by atoms with Crippen molar-refractivity contribution >= 4 is 16.1 Å². The van der Waals surface area contributed by atoms with E-state index in [1.165, 1.54) is 0 Å². The Morgan fingerprint density at radius 3 is 2.60 bits per heavy atom. The first-order valence-electron chi connectivity index (χ1n) is 3.74. The van der Waals surface area contributed by atoms with Gasteiger partial charge in [-0.3, -0.25) is 4.89 Å². The molecule has 0 fully saturated rings. The van der Waals surface area contributed by atoms with Gasteiger partial charge in [-0.2, -0.15) is 8.42 Å². The lowest BCUT2D eigenvalue weighted by Crippen LogP contribution is -2.22. The molecule has 0 bridgehead atoms. The van der Waals surface area contributed by atoms with E-state index in [-0.39, 0.29) is 0 Å². The van der Waals surface area contributed by atoms with E-state index in [2.05, 4.69) is 15.1 Å². The average Bonchev–Trinajstić information content (AvgIpc) is 2.11. The second-order valence-electron chi connectivity index (χ2n) is 2.36. The van der Waals surface area contributed by atoms with Gasteiger partial charge in [0.25, 0.3) is 0 Å². The van der Waals surface area contributed by atoms with Gasteiger partial charge in [-0.15, -0.1) is 0 Å². The van der Waals surface area contributed by atoms with Crippen molar-refractivity contribution in [1.82, 2.24) is 0 Å². The maximum Gasteiger partial charge on any atom is 0.340 e. The number of hydrogen-bond acceptors (Lipinski definition) is 7. The third kappa shape index (κ3) is 7.90. The summed E-state index contributed by atoms with van der Waals surface area (Å²) in [7, 11) is -4.18. The van der Waals surface area contributed by atoms with Crippen LogP contribution in [0.15, 0.2) is 0 Å². The van der Waals surface area contributed by atoms with Crippen LogP contribution in [0.2, 0.25) is 0 Å². The third-order valence-electron chi connectivity index (χ3n) is 0.965. The summed E-state index contributed by atoms with van der Waals surface area (Å²) < 4.78 is 25.6. The third-order valence-corrected chi connectivity index (χ3v) is 1.96. The van der Waals surface area contributed by atoms with E-state index < -0.39 is 34.6 Å². The lowest BCUT2D eigenvalue weighted by Gasteiger charge is -2.03. The topological polar surface area (TPSA) is 110 Å². The van der Waals surface area contributed by atoms with Crippen molar-refractivity contribution in [3.05, 3.63) is 0 Å². The van der Waals surface area contributed by atoms with E-state index in [0.29, 0.717) is 0 Å². The molecule has 0 saturated heterocycles. The molecule has 2 N–H and O–H groups in total. The molecular weight excluding hydrogens is 228 g/mol. The van der Waals surface area contributed by atoms with Crippen LogP contribution in [0.1, 0.15) is 6.92 Å². The Hall–Kier alpha value is -1.14. The number of hydrogen-bond donors (Lipinski definition) is 2. The van der Waals surface area contributed by atoms with Crippen molar-refractivity contribution in [3.8, 4) is 11.8 Å². The number of rotatable bonds is 4. The number of carbonyl (C=O) groups is 1. The fourth-order valence-electron chi connectivity index (χ4n) is 0.526. The smallest absolute Gasteiger partial charge is 0.340 e. The molecule has 0 radical (unpaired) electrons. The Morgan fingerprint density at radius 2 is 2.13 bits per heavy atom. The zero-order chi connectivity index (χ0) is 11.9. The highest BCUT2D eigenvalue weighted by molar-refractivity contribution is 7.86. The van der Waals surface area contributed by atoms with Crippen molar-refractivity contribution in [2.24, 2.45) is 0 Å². The normalized spacial score (nSPS) is 12.5. The van der Waals surface area contributed by atoms with Crippen LogP contribution in [0.5, 0.6) is 0 Å². The van der Waals surface area contributed by atoms with Gasteiger partial charge in [0.05, 0.1) is 0 Å². The lowest BCUT2D eigenvalue weighted by molar-refractivity contribution is -0.208. The second-order valence-corrected chi connectivity index (χ2v) is 3.95. The highest BCUT2D eigenvalue weighted by Crippen LogP contribution is 1.98. The minimum Gasteiger partial charge on any atom is -0.384 e. The lowest BCUT2D eigenvalue weighted by atomic mass is 10.4. The Morgan fingerprint density at radius 1 is 1.53 bits per heavy atom. The SMILES string of the molecule is CC(=O)OOS(=O)(=O)CC(O)C#CCO. The summed E-state index contributed by atoms with van der Waals surface area (Å²) in [6.45, 7) is 0.458. The minimum absolute atomic E-state index is 0.498. The Bertz CT molecular complexity index is 361. The molecule has 86 valence electrons. The molecule has 0 aliphatic rings. The van der Waals surface area contributed by atoms with E-state index in [0.717, 1.165) is 6.92 Å². The van der Waals surface area contributed by atoms with E-state index in [9.17, 15) is 13.2 Å². The fourth-order valence-corrected chi connectivity index (χ4v) is 1.25. The van der Waals surface area contributed by atoms with Crippen molar-refractivity contribution in [3.63, 3.8) is 0 Å². The predicted octanol–water partition coefficient (Wildman–Crippen LogP) is -1.83. The van der Waals surface area contributed by atoms with E-state index in [4.69, 9.17) is 10.2 Å². The van der Waals surface area contributed by atoms with Gasteiger partial charge >= 0.3 is 16.1 Å². The molecule has 0 spiro atoms. The molecule has 0 aromatic carbocycles. The maximum absolute atomic E-state index is 10.9. The standard InChI is InChI=1S/C7H10O7S/c1-6(9)13-14-15(11,12)5-7(10)3-2-4-8/h7-8,10H,4-5H2,1H3. The van der Waals surface area contributed by atoms with Gasteiger partial charge in [-0.1, -0.05) is 16.2 Å². The number of aliphatic hydroxyl groups excluding tert-OH is 2. The van der Waals surface area contributed by atoms with Crippen LogP contribution in [0.4, 0.5) is 0 Å². The van der Waals surface area contributed by atoms with Crippen LogP contribution in [-0.2, 0) is 24.1 Å². The molecule has 0 aliphatic carbocycles. The molecule has 15 heavy (non-hydrogen) atoms. The van der Waals surface area contributed by atoms with Crippen LogP contribution in [0.3, 0.4) is 0 Å². The Kier molecular flexibility index (Phi) is 5.88. The van der Waals surface area contributed by atoms with Gasteiger partial charge in [0.1, 0.15) is 18.5 Å². The van der Waals surface area contributed by atoms with E-state index >= 15 is 0 Å². The summed E-state index contributed by atoms with van der Waals surface area (Å²) >= 11 is 0. The number of aliphatic hydroxyl groups is 2. The minimum atomic E-state index is -4.18. The molecular formula is C7H10O7S. The molecule has 0 heterocycles. The van der Waals surface area contributed by atoms with Gasteiger partial charge in [0, 0.05) is 6.92 Å². The molecule has 0 amide bonds. The second kappa shape index (κ2) is 6.36. The summed E-state index contributed by atoms with van der Waals surface area (Å²) in [6, 6.07) is 0. The van der Waals surface area contributed by atoms with E-state index in [1.807, 2.05) is 5.92 Å². The predicted molar refractivity (Wildman–Crippen MR) is 47.5 cm³/mol. The molecule has 0 aromatic heterocycles. The Balaban J connectivity index is 4.20. The molecule has 7 nitrogen and oxygen atoms in total. The summed E-state index contributed by atoms with van der Waals surface area (Å²) in [6.07, 6.45) is -1.52. The van der Waals surface area contributed by atoms with Crippen molar-refractivity contribution in [2.75, 3.05) is 12.4 Å². The largest absolute Gasteiger partial charge is 0.384 e. The summed E-state index contributed by atoms with van der Waals surface area (Å²) in [4.78, 5) is 14.0.